The van der Waals surface area contributed by atoms with Crippen LogP contribution in [0, 0.1) is 12.8 Å². The van der Waals surface area contributed by atoms with Crippen LogP contribution >= 0.6 is 23.2 Å². The van der Waals surface area contributed by atoms with Gasteiger partial charge in [-0.3, -0.25) is 14.6 Å². The monoisotopic (exact) mass is 447 g/mol. The molecular weight excluding hydrogens is 417 g/mol. The average molecular weight is 448 g/mol. The van der Waals surface area contributed by atoms with Gasteiger partial charge in [-0.2, -0.15) is 0 Å². The number of rotatable bonds is 7. The third-order valence-electron chi connectivity index (χ3n) is 5.74. The highest BCUT2D eigenvalue weighted by atomic mass is 35.5. The summed E-state index contributed by atoms with van der Waals surface area (Å²) in [6, 6.07) is 13.7. The number of amides is 1. The molecule has 162 valence electrons. The van der Waals surface area contributed by atoms with Crippen LogP contribution in [0.15, 0.2) is 42.5 Å². The van der Waals surface area contributed by atoms with Crippen LogP contribution in [-0.4, -0.2) is 54.5 Å². The Balaban J connectivity index is 1.50. The number of hydrogen-bond donors (Lipinski definition) is 1. The molecule has 1 aliphatic heterocycles. The molecule has 0 radical (unpaired) electrons. The predicted molar refractivity (Wildman–Crippen MR) is 125 cm³/mol. The van der Waals surface area contributed by atoms with Crippen molar-refractivity contribution in [1.82, 2.24) is 15.1 Å². The first kappa shape index (κ1) is 23.1. The van der Waals surface area contributed by atoms with E-state index in [1.165, 1.54) is 5.56 Å². The number of benzene rings is 2. The number of hydrogen-bond acceptors (Lipinski definition) is 3. The van der Waals surface area contributed by atoms with E-state index in [1.807, 2.05) is 49.4 Å². The lowest BCUT2D eigenvalue weighted by Gasteiger charge is -2.37. The van der Waals surface area contributed by atoms with E-state index in [-0.39, 0.29) is 11.9 Å². The maximum Gasteiger partial charge on any atom is 0.251 e. The maximum atomic E-state index is 12.7. The van der Waals surface area contributed by atoms with Crippen LogP contribution in [-0.2, 0) is 6.54 Å². The van der Waals surface area contributed by atoms with Gasteiger partial charge in [0.15, 0.2) is 0 Å². The van der Waals surface area contributed by atoms with Gasteiger partial charge in [-0.15, -0.1) is 0 Å². The normalized spacial score (nSPS) is 16.6. The van der Waals surface area contributed by atoms with Gasteiger partial charge in [0, 0.05) is 50.9 Å². The lowest BCUT2D eigenvalue weighted by Crippen LogP contribution is -2.52. The number of carbonyl (C=O) groups is 1. The Labute approximate surface area is 190 Å². The van der Waals surface area contributed by atoms with Gasteiger partial charge in [0.1, 0.15) is 0 Å². The second-order valence-electron chi connectivity index (χ2n) is 8.52. The standard InChI is InChI=1S/C24H31Cl2N3O/c1-17(2)23(27-24(30)20-7-4-18(3)5-8-20)16-29-12-10-28(11-13-29)15-19-6-9-21(25)22(26)14-19/h4-9,14,17,23H,10-13,15-16H2,1-3H3,(H,27,30). The SMILES string of the molecule is Cc1ccc(C(=O)NC(CN2CCN(Cc3ccc(Cl)c(Cl)c3)CC2)C(C)C)cc1. The zero-order valence-corrected chi connectivity index (χ0v) is 19.5. The third kappa shape index (κ3) is 6.45. The Morgan fingerprint density at radius 3 is 2.20 bits per heavy atom. The van der Waals surface area contributed by atoms with E-state index in [0.29, 0.717) is 16.0 Å². The van der Waals surface area contributed by atoms with E-state index in [4.69, 9.17) is 23.2 Å². The van der Waals surface area contributed by atoms with E-state index in [2.05, 4.69) is 29.0 Å². The van der Waals surface area contributed by atoms with Crippen LogP contribution < -0.4 is 5.32 Å². The summed E-state index contributed by atoms with van der Waals surface area (Å²) >= 11 is 12.2. The summed E-state index contributed by atoms with van der Waals surface area (Å²) in [5, 5.41) is 4.44. The van der Waals surface area contributed by atoms with Gasteiger partial charge in [-0.05, 0) is 42.7 Å². The summed E-state index contributed by atoms with van der Waals surface area (Å²) in [7, 11) is 0. The van der Waals surface area contributed by atoms with E-state index >= 15 is 0 Å². The van der Waals surface area contributed by atoms with Crippen molar-refractivity contribution in [3.8, 4) is 0 Å². The molecule has 0 spiro atoms. The fraction of sp³-hybridized carbons (Fsp3) is 0.458. The molecule has 1 saturated heterocycles. The van der Waals surface area contributed by atoms with Gasteiger partial charge < -0.3 is 5.32 Å². The predicted octanol–water partition coefficient (Wildman–Crippen LogP) is 4.87. The molecule has 1 unspecified atom stereocenters. The zero-order valence-electron chi connectivity index (χ0n) is 18.0. The molecule has 1 fully saturated rings. The summed E-state index contributed by atoms with van der Waals surface area (Å²) in [5.41, 5.74) is 3.06. The van der Waals surface area contributed by atoms with Gasteiger partial charge in [-0.25, -0.2) is 0 Å². The van der Waals surface area contributed by atoms with Crippen LogP contribution in [0.3, 0.4) is 0 Å². The van der Waals surface area contributed by atoms with Crippen molar-refractivity contribution in [2.24, 2.45) is 5.92 Å². The molecule has 1 N–H and O–H groups in total. The molecule has 1 amide bonds. The minimum absolute atomic E-state index is 0.00644. The second kappa shape index (κ2) is 10.6. The Kier molecular flexibility index (Phi) is 8.18. The second-order valence-corrected chi connectivity index (χ2v) is 9.33. The number of halogens is 2. The smallest absolute Gasteiger partial charge is 0.251 e. The molecule has 1 heterocycles. The fourth-order valence-electron chi connectivity index (χ4n) is 3.68. The Hall–Kier alpha value is -1.59. The minimum Gasteiger partial charge on any atom is -0.348 e. The van der Waals surface area contributed by atoms with Gasteiger partial charge in [-0.1, -0.05) is 60.8 Å². The molecule has 0 saturated carbocycles. The molecular formula is C24H31Cl2N3O. The maximum absolute atomic E-state index is 12.7. The van der Waals surface area contributed by atoms with Crippen molar-refractivity contribution >= 4 is 29.1 Å². The van der Waals surface area contributed by atoms with Crippen molar-refractivity contribution in [2.75, 3.05) is 32.7 Å². The van der Waals surface area contributed by atoms with Crippen molar-refractivity contribution in [1.29, 1.82) is 0 Å². The Morgan fingerprint density at radius 2 is 1.60 bits per heavy atom. The summed E-state index contributed by atoms with van der Waals surface area (Å²) in [6.45, 7) is 12.1. The molecule has 0 aromatic heterocycles. The fourth-order valence-corrected chi connectivity index (χ4v) is 4.00. The molecule has 6 heteroatoms. The average Bonchev–Trinajstić information content (AvgIpc) is 2.72. The first-order valence-corrected chi connectivity index (χ1v) is 11.3. The van der Waals surface area contributed by atoms with E-state index in [9.17, 15) is 4.79 Å². The van der Waals surface area contributed by atoms with Gasteiger partial charge in [0.05, 0.1) is 10.0 Å². The lowest BCUT2D eigenvalue weighted by molar-refractivity contribution is 0.0862. The van der Waals surface area contributed by atoms with Crippen LogP contribution in [0.1, 0.15) is 35.3 Å². The largest absolute Gasteiger partial charge is 0.348 e. The molecule has 3 rings (SSSR count). The highest BCUT2D eigenvalue weighted by molar-refractivity contribution is 6.42. The van der Waals surface area contributed by atoms with Crippen molar-refractivity contribution in [3.63, 3.8) is 0 Å². The minimum atomic E-state index is 0.00644. The number of aryl methyl sites for hydroxylation is 1. The quantitative estimate of drug-likeness (QED) is 0.656. The Morgan fingerprint density at radius 1 is 0.967 bits per heavy atom. The Bertz CT molecular complexity index is 846. The summed E-state index contributed by atoms with van der Waals surface area (Å²) in [5.74, 6) is 0.376. The summed E-state index contributed by atoms with van der Waals surface area (Å²) in [6.07, 6.45) is 0. The molecule has 2 aromatic carbocycles. The number of carbonyl (C=O) groups excluding carboxylic acids is 1. The van der Waals surface area contributed by atoms with Crippen LogP contribution in [0.5, 0.6) is 0 Å². The number of piperazine rings is 1. The van der Waals surface area contributed by atoms with Gasteiger partial charge in [0.2, 0.25) is 0 Å². The third-order valence-corrected chi connectivity index (χ3v) is 6.48. The van der Waals surface area contributed by atoms with E-state index in [1.54, 1.807) is 0 Å². The first-order valence-electron chi connectivity index (χ1n) is 10.6. The lowest BCUT2D eigenvalue weighted by atomic mass is 10.0. The molecule has 0 bridgehead atoms. The highest BCUT2D eigenvalue weighted by Gasteiger charge is 2.23. The summed E-state index contributed by atoms with van der Waals surface area (Å²) in [4.78, 5) is 17.5. The summed E-state index contributed by atoms with van der Waals surface area (Å²) < 4.78 is 0. The molecule has 0 aliphatic carbocycles. The van der Waals surface area contributed by atoms with Crippen molar-refractivity contribution in [3.05, 3.63) is 69.2 Å². The van der Waals surface area contributed by atoms with Gasteiger partial charge in [0.25, 0.3) is 5.91 Å². The van der Waals surface area contributed by atoms with Crippen LogP contribution in [0.4, 0.5) is 0 Å². The molecule has 1 aliphatic rings. The van der Waals surface area contributed by atoms with Crippen molar-refractivity contribution < 1.29 is 4.79 Å². The van der Waals surface area contributed by atoms with Crippen LogP contribution in [0.25, 0.3) is 0 Å². The van der Waals surface area contributed by atoms with Crippen molar-refractivity contribution in [2.45, 2.75) is 33.4 Å². The molecule has 30 heavy (non-hydrogen) atoms. The molecule has 1 atom stereocenters. The highest BCUT2D eigenvalue weighted by Crippen LogP contribution is 2.23. The van der Waals surface area contributed by atoms with E-state index < -0.39 is 0 Å². The first-order chi connectivity index (χ1) is 14.3. The molecule has 2 aromatic rings. The molecule has 4 nitrogen and oxygen atoms in total. The van der Waals surface area contributed by atoms with E-state index in [0.717, 1.165) is 50.4 Å². The van der Waals surface area contributed by atoms with Crippen LogP contribution in [0.2, 0.25) is 10.0 Å². The van der Waals surface area contributed by atoms with Gasteiger partial charge >= 0.3 is 0 Å². The topological polar surface area (TPSA) is 35.6 Å². The zero-order chi connectivity index (χ0) is 21.7. The number of nitrogens with zero attached hydrogens (tertiary/aromatic N) is 2. The number of nitrogens with one attached hydrogen (secondary N) is 1.